The summed E-state index contributed by atoms with van der Waals surface area (Å²) in [6, 6.07) is 8.31. The fourth-order valence-electron chi connectivity index (χ4n) is 4.57. The van der Waals surface area contributed by atoms with Gasteiger partial charge in [0.1, 0.15) is 10.1 Å². The summed E-state index contributed by atoms with van der Waals surface area (Å²) in [5.74, 6) is 0.498. The molecule has 34 heavy (non-hydrogen) atoms. The van der Waals surface area contributed by atoms with Crippen LogP contribution >= 0.6 is 24.0 Å². The van der Waals surface area contributed by atoms with E-state index in [0.29, 0.717) is 41.7 Å². The molecule has 0 unspecified atom stereocenters. The SMILES string of the molecule is CCCCCCN1C(=O)/C(=C/c2cc3cc(C)ccc3nc2N2CCC(C(N)=O)CC2)SC1=S. The van der Waals surface area contributed by atoms with Crippen LogP contribution in [0.2, 0.25) is 0 Å². The third-order valence-electron chi connectivity index (χ3n) is 6.57. The summed E-state index contributed by atoms with van der Waals surface area (Å²) in [4.78, 5) is 34.4. The summed E-state index contributed by atoms with van der Waals surface area (Å²) in [5, 5.41) is 1.04. The third kappa shape index (κ3) is 5.44. The van der Waals surface area contributed by atoms with Crippen LogP contribution in [-0.4, -0.2) is 45.7 Å². The predicted octanol–water partition coefficient (Wildman–Crippen LogP) is 5.03. The van der Waals surface area contributed by atoms with E-state index in [1.54, 1.807) is 4.90 Å². The fraction of sp³-hybridized carbons (Fsp3) is 0.462. The Balaban J connectivity index is 1.65. The number of hydrogen-bond acceptors (Lipinski definition) is 6. The maximum atomic E-state index is 13.2. The Bertz CT molecular complexity index is 1140. The first kappa shape index (κ1) is 24.7. The molecule has 8 heteroatoms. The molecule has 180 valence electrons. The molecular formula is C26H32N4O2S2. The molecule has 0 atom stereocenters. The number of benzene rings is 1. The van der Waals surface area contributed by atoms with E-state index in [1.165, 1.54) is 18.2 Å². The van der Waals surface area contributed by atoms with Crippen molar-refractivity contribution in [2.75, 3.05) is 24.5 Å². The second kappa shape index (κ2) is 10.9. The summed E-state index contributed by atoms with van der Waals surface area (Å²) in [7, 11) is 0. The van der Waals surface area contributed by atoms with Crippen molar-refractivity contribution in [3.63, 3.8) is 0 Å². The summed E-state index contributed by atoms with van der Waals surface area (Å²) < 4.78 is 0.626. The van der Waals surface area contributed by atoms with E-state index in [-0.39, 0.29) is 17.7 Å². The van der Waals surface area contributed by atoms with Crippen molar-refractivity contribution in [1.82, 2.24) is 9.88 Å². The molecule has 1 aromatic heterocycles. The zero-order valence-corrected chi connectivity index (χ0v) is 21.5. The van der Waals surface area contributed by atoms with Gasteiger partial charge in [-0.1, -0.05) is 61.8 Å². The van der Waals surface area contributed by atoms with E-state index in [2.05, 4.69) is 36.9 Å². The first-order valence-electron chi connectivity index (χ1n) is 12.1. The highest BCUT2D eigenvalue weighted by Gasteiger charge is 2.32. The van der Waals surface area contributed by atoms with Gasteiger partial charge in [-0.3, -0.25) is 14.5 Å². The van der Waals surface area contributed by atoms with Crippen molar-refractivity contribution in [2.45, 2.75) is 52.4 Å². The Morgan fingerprint density at radius 1 is 1.24 bits per heavy atom. The van der Waals surface area contributed by atoms with E-state index in [9.17, 15) is 9.59 Å². The van der Waals surface area contributed by atoms with E-state index in [1.807, 2.05) is 12.1 Å². The molecule has 0 bridgehead atoms. The van der Waals surface area contributed by atoms with Crippen molar-refractivity contribution < 1.29 is 9.59 Å². The number of nitrogens with zero attached hydrogens (tertiary/aromatic N) is 3. The molecule has 3 heterocycles. The number of piperidine rings is 1. The van der Waals surface area contributed by atoms with Crippen molar-refractivity contribution in [2.24, 2.45) is 11.7 Å². The van der Waals surface area contributed by atoms with Crippen LogP contribution in [0.3, 0.4) is 0 Å². The van der Waals surface area contributed by atoms with Gasteiger partial charge in [0.2, 0.25) is 5.91 Å². The van der Waals surface area contributed by atoms with Gasteiger partial charge in [0, 0.05) is 36.5 Å². The average Bonchev–Trinajstić information content (AvgIpc) is 3.08. The molecule has 4 rings (SSSR count). The number of nitrogens with two attached hydrogens (primary N) is 1. The third-order valence-corrected chi connectivity index (χ3v) is 7.95. The standard InChI is InChI=1S/C26H32N4O2S2/c1-3-4-5-6-11-30-25(32)22(34-26(30)33)16-20-15-19-14-17(2)7-8-21(19)28-24(20)29-12-9-18(10-13-29)23(27)31/h7-8,14-16,18H,3-6,9-13H2,1-2H3,(H2,27,31)/b22-16-. The summed E-state index contributed by atoms with van der Waals surface area (Å²) in [5.41, 5.74) is 8.51. The lowest BCUT2D eigenvalue weighted by molar-refractivity contribution is -0.123. The number of aromatic nitrogens is 1. The molecule has 2 aliphatic rings. The number of rotatable bonds is 8. The van der Waals surface area contributed by atoms with Gasteiger partial charge in [0.25, 0.3) is 5.91 Å². The number of thioether (sulfide) groups is 1. The monoisotopic (exact) mass is 496 g/mol. The number of amides is 2. The van der Waals surface area contributed by atoms with Crippen LogP contribution < -0.4 is 10.6 Å². The van der Waals surface area contributed by atoms with Gasteiger partial charge >= 0.3 is 0 Å². The molecule has 6 nitrogen and oxygen atoms in total. The van der Waals surface area contributed by atoms with Crippen LogP contribution in [-0.2, 0) is 9.59 Å². The first-order chi connectivity index (χ1) is 16.4. The molecule has 2 fully saturated rings. The summed E-state index contributed by atoms with van der Waals surface area (Å²) in [6.45, 7) is 6.32. The number of carbonyl (C=O) groups is 2. The van der Waals surface area contributed by atoms with Crippen molar-refractivity contribution in [1.29, 1.82) is 0 Å². The highest BCUT2D eigenvalue weighted by atomic mass is 32.2. The van der Waals surface area contributed by atoms with E-state index >= 15 is 0 Å². The van der Waals surface area contributed by atoms with Crippen LogP contribution in [0.25, 0.3) is 17.0 Å². The average molecular weight is 497 g/mol. The number of carbonyl (C=O) groups excluding carboxylic acids is 2. The quantitative estimate of drug-likeness (QED) is 0.314. The summed E-state index contributed by atoms with van der Waals surface area (Å²) >= 11 is 6.91. The maximum absolute atomic E-state index is 13.2. The molecule has 0 radical (unpaired) electrons. The Hall–Kier alpha value is -2.45. The van der Waals surface area contributed by atoms with E-state index in [4.69, 9.17) is 22.9 Å². The van der Waals surface area contributed by atoms with Crippen LogP contribution in [0.4, 0.5) is 5.82 Å². The number of thiocarbonyl (C=S) groups is 1. The minimum absolute atomic E-state index is 0.0192. The van der Waals surface area contributed by atoms with Crippen molar-refractivity contribution in [3.8, 4) is 0 Å². The van der Waals surface area contributed by atoms with Gasteiger partial charge in [-0.05, 0) is 50.5 Å². The second-order valence-corrected chi connectivity index (χ2v) is 10.8. The van der Waals surface area contributed by atoms with Gasteiger partial charge in [-0.2, -0.15) is 0 Å². The lowest BCUT2D eigenvalue weighted by atomic mass is 9.96. The number of pyridine rings is 1. The zero-order chi connectivity index (χ0) is 24.2. The largest absolute Gasteiger partial charge is 0.369 e. The second-order valence-electron chi connectivity index (χ2n) is 9.16. The van der Waals surface area contributed by atoms with Crippen molar-refractivity contribution >= 4 is 62.9 Å². The van der Waals surface area contributed by atoms with Gasteiger partial charge in [-0.25, -0.2) is 4.98 Å². The first-order valence-corrected chi connectivity index (χ1v) is 13.3. The molecule has 2 N–H and O–H groups in total. The molecule has 1 aromatic carbocycles. The van der Waals surface area contributed by atoms with Gasteiger partial charge in [0.15, 0.2) is 0 Å². The number of anilines is 1. The molecule has 2 saturated heterocycles. The number of aryl methyl sites for hydroxylation is 1. The molecule has 0 saturated carbocycles. The maximum Gasteiger partial charge on any atom is 0.266 e. The molecule has 0 spiro atoms. The van der Waals surface area contributed by atoms with Gasteiger partial charge < -0.3 is 10.6 Å². The van der Waals surface area contributed by atoms with Gasteiger partial charge in [0.05, 0.1) is 10.4 Å². The highest BCUT2D eigenvalue weighted by molar-refractivity contribution is 8.26. The number of primary amides is 1. The number of unbranched alkanes of at least 4 members (excludes halogenated alkanes) is 3. The molecule has 2 aliphatic heterocycles. The van der Waals surface area contributed by atoms with Crippen molar-refractivity contribution in [3.05, 3.63) is 40.3 Å². The Morgan fingerprint density at radius 3 is 2.71 bits per heavy atom. The Morgan fingerprint density at radius 2 is 2.00 bits per heavy atom. The normalized spacial score (nSPS) is 18.5. The predicted molar refractivity (Wildman–Crippen MR) is 145 cm³/mol. The minimum atomic E-state index is -0.232. The lowest BCUT2D eigenvalue weighted by Crippen LogP contribution is -2.39. The van der Waals surface area contributed by atoms with Crippen LogP contribution in [0.15, 0.2) is 29.2 Å². The Kier molecular flexibility index (Phi) is 7.88. The summed E-state index contributed by atoms with van der Waals surface area (Å²) in [6.07, 6.45) is 7.76. The number of hydrogen-bond donors (Lipinski definition) is 1. The van der Waals surface area contributed by atoms with Crippen LogP contribution in [0, 0.1) is 12.8 Å². The Labute approximate surface area is 210 Å². The fourth-order valence-corrected chi connectivity index (χ4v) is 5.87. The van der Waals surface area contributed by atoms with Gasteiger partial charge in [-0.15, -0.1) is 0 Å². The molecule has 2 aromatic rings. The van der Waals surface area contributed by atoms with Crippen LogP contribution in [0.5, 0.6) is 0 Å². The van der Waals surface area contributed by atoms with E-state index < -0.39 is 0 Å². The number of fused-ring (bicyclic) bond motifs is 1. The lowest BCUT2D eigenvalue weighted by Gasteiger charge is -2.32. The van der Waals surface area contributed by atoms with Crippen LogP contribution in [0.1, 0.15) is 56.6 Å². The smallest absolute Gasteiger partial charge is 0.266 e. The van der Waals surface area contributed by atoms with E-state index in [0.717, 1.165) is 47.1 Å². The zero-order valence-electron chi connectivity index (χ0n) is 19.9. The molecule has 2 amide bonds. The highest BCUT2D eigenvalue weighted by Crippen LogP contribution is 2.36. The molecular weight excluding hydrogens is 464 g/mol. The minimum Gasteiger partial charge on any atom is -0.369 e. The molecule has 0 aliphatic carbocycles. The topological polar surface area (TPSA) is 79.5 Å².